The third-order valence-corrected chi connectivity index (χ3v) is 3.91. The zero-order valence-electron chi connectivity index (χ0n) is 13.7. The van der Waals surface area contributed by atoms with Crippen LogP contribution in [0.15, 0.2) is 60.7 Å². The van der Waals surface area contributed by atoms with Crippen molar-refractivity contribution in [1.29, 1.82) is 0 Å². The lowest BCUT2D eigenvalue weighted by atomic mass is 10.1. The van der Waals surface area contributed by atoms with E-state index in [1.54, 1.807) is 48.5 Å². The van der Waals surface area contributed by atoms with Crippen LogP contribution in [0.25, 0.3) is 0 Å². The Morgan fingerprint density at radius 3 is 2.08 bits per heavy atom. The molecule has 1 unspecified atom stereocenters. The summed E-state index contributed by atoms with van der Waals surface area (Å²) in [6.07, 6.45) is -6.20. The number of carbonyl (C=O) groups excluding carboxylic acids is 2. The lowest BCUT2D eigenvalue weighted by molar-refractivity contribution is -0.122. The third-order valence-electron chi connectivity index (χ3n) is 3.91. The Bertz CT molecular complexity index is 751. The van der Waals surface area contributed by atoms with Crippen molar-refractivity contribution in [3.63, 3.8) is 0 Å². The first-order valence-electron chi connectivity index (χ1n) is 8.02. The smallest absolute Gasteiger partial charge is 0.338 e. The van der Waals surface area contributed by atoms with Crippen LogP contribution in [0.1, 0.15) is 20.7 Å². The predicted octanol–water partition coefficient (Wildman–Crippen LogP) is 2.12. The van der Waals surface area contributed by atoms with E-state index in [2.05, 4.69) is 0 Å². The van der Waals surface area contributed by atoms with Gasteiger partial charge in [-0.1, -0.05) is 36.4 Å². The topological polar surface area (TPSA) is 82.1 Å². The monoisotopic (exact) mass is 360 g/mol. The molecule has 0 radical (unpaired) electrons. The highest BCUT2D eigenvalue weighted by Gasteiger charge is 2.47. The number of rotatable bonds is 5. The van der Waals surface area contributed by atoms with Gasteiger partial charge in [-0.25, -0.2) is 14.0 Å². The minimum atomic E-state index is -1.94. The molecule has 1 saturated heterocycles. The van der Waals surface area contributed by atoms with E-state index in [1.807, 2.05) is 0 Å². The van der Waals surface area contributed by atoms with E-state index >= 15 is 0 Å². The van der Waals surface area contributed by atoms with Crippen molar-refractivity contribution in [2.45, 2.75) is 24.7 Å². The summed E-state index contributed by atoms with van der Waals surface area (Å²) in [6, 6.07) is 16.3. The molecular formula is C19H17FO6. The van der Waals surface area contributed by atoms with Crippen molar-refractivity contribution in [1.82, 2.24) is 0 Å². The van der Waals surface area contributed by atoms with Gasteiger partial charge >= 0.3 is 11.9 Å². The number of hydrogen-bond donors (Lipinski definition) is 1. The zero-order valence-corrected chi connectivity index (χ0v) is 13.7. The molecule has 26 heavy (non-hydrogen) atoms. The average molecular weight is 360 g/mol. The Balaban J connectivity index is 1.63. The Labute approximate surface area is 149 Å². The number of ether oxygens (including phenoxy) is 3. The van der Waals surface area contributed by atoms with E-state index in [-0.39, 0.29) is 12.2 Å². The fourth-order valence-corrected chi connectivity index (χ4v) is 2.56. The van der Waals surface area contributed by atoms with Crippen LogP contribution in [0.2, 0.25) is 0 Å². The van der Waals surface area contributed by atoms with Crippen molar-refractivity contribution >= 4 is 11.9 Å². The normalized spacial score (nSPS) is 24.8. The van der Waals surface area contributed by atoms with Gasteiger partial charge in [0.25, 0.3) is 0 Å². The van der Waals surface area contributed by atoms with Crippen LogP contribution in [-0.2, 0) is 14.2 Å². The molecule has 0 aliphatic carbocycles. The molecule has 136 valence electrons. The highest BCUT2D eigenvalue weighted by molar-refractivity contribution is 5.90. The number of benzene rings is 2. The van der Waals surface area contributed by atoms with Gasteiger partial charge in [-0.15, -0.1) is 0 Å². The summed E-state index contributed by atoms with van der Waals surface area (Å²) in [5.74, 6) is -1.38. The van der Waals surface area contributed by atoms with E-state index in [9.17, 15) is 19.1 Å². The minimum Gasteiger partial charge on any atom is -0.459 e. The van der Waals surface area contributed by atoms with Gasteiger partial charge < -0.3 is 19.3 Å². The molecule has 0 aromatic heterocycles. The maximum absolute atomic E-state index is 14.2. The molecule has 0 bridgehead atoms. The van der Waals surface area contributed by atoms with Crippen LogP contribution in [0.5, 0.6) is 0 Å². The molecule has 2 aromatic carbocycles. The van der Waals surface area contributed by atoms with Crippen LogP contribution >= 0.6 is 0 Å². The summed E-state index contributed by atoms with van der Waals surface area (Å²) >= 11 is 0. The lowest BCUT2D eigenvalue weighted by Gasteiger charge is -2.19. The summed E-state index contributed by atoms with van der Waals surface area (Å²) in [4.78, 5) is 24.1. The maximum Gasteiger partial charge on any atom is 0.338 e. The number of aliphatic hydroxyl groups is 1. The highest BCUT2D eigenvalue weighted by Crippen LogP contribution is 2.26. The maximum atomic E-state index is 14.2. The summed E-state index contributed by atoms with van der Waals surface area (Å²) < 4.78 is 29.4. The summed E-state index contributed by atoms with van der Waals surface area (Å²) in [5.41, 5.74) is 0.557. The van der Waals surface area contributed by atoms with Gasteiger partial charge in [0.2, 0.25) is 0 Å². The summed E-state index contributed by atoms with van der Waals surface area (Å²) in [7, 11) is 0. The first-order chi connectivity index (χ1) is 12.6. The van der Waals surface area contributed by atoms with E-state index in [0.717, 1.165) is 0 Å². The molecule has 3 rings (SSSR count). The van der Waals surface area contributed by atoms with Gasteiger partial charge in [-0.3, -0.25) is 0 Å². The standard InChI is InChI=1S/C19H17FO6/c20-15-16(26-18(22)13-9-5-2-6-10-13)14(25-19(15)23)11-24-17(21)12-7-3-1-4-8-12/h1-10,14-16,19,23H,11H2/t14-,15+,16+,19?/m0/s1. The van der Waals surface area contributed by atoms with Crippen LogP contribution in [-0.4, -0.2) is 48.3 Å². The zero-order chi connectivity index (χ0) is 18.5. The van der Waals surface area contributed by atoms with Crippen molar-refractivity contribution in [2.75, 3.05) is 6.61 Å². The fraction of sp³-hybridized carbons (Fsp3) is 0.263. The number of halogens is 1. The molecule has 1 aliphatic rings. The van der Waals surface area contributed by atoms with Gasteiger partial charge in [0.05, 0.1) is 11.1 Å². The molecule has 6 nitrogen and oxygen atoms in total. The summed E-state index contributed by atoms with van der Waals surface area (Å²) in [6.45, 7) is -0.363. The second-order valence-corrected chi connectivity index (χ2v) is 5.71. The van der Waals surface area contributed by atoms with Crippen molar-refractivity contribution in [2.24, 2.45) is 0 Å². The molecule has 0 amide bonds. The molecule has 1 heterocycles. The van der Waals surface area contributed by atoms with Crippen LogP contribution in [0.3, 0.4) is 0 Å². The van der Waals surface area contributed by atoms with Crippen molar-refractivity contribution in [3.8, 4) is 0 Å². The van der Waals surface area contributed by atoms with Gasteiger partial charge in [-0.2, -0.15) is 0 Å². The van der Waals surface area contributed by atoms with Gasteiger partial charge in [0.15, 0.2) is 18.6 Å². The van der Waals surface area contributed by atoms with Crippen LogP contribution in [0.4, 0.5) is 4.39 Å². The molecule has 2 aromatic rings. The fourth-order valence-electron chi connectivity index (χ4n) is 2.56. The molecule has 0 spiro atoms. The second kappa shape index (κ2) is 8.07. The highest BCUT2D eigenvalue weighted by atomic mass is 19.1. The molecule has 0 saturated carbocycles. The van der Waals surface area contributed by atoms with E-state index in [1.165, 1.54) is 12.1 Å². The predicted molar refractivity (Wildman–Crippen MR) is 88.1 cm³/mol. The Kier molecular flexibility index (Phi) is 5.60. The van der Waals surface area contributed by atoms with Crippen molar-refractivity contribution in [3.05, 3.63) is 71.8 Å². The molecule has 1 N–H and O–H groups in total. The number of aliphatic hydroxyl groups excluding tert-OH is 1. The van der Waals surface area contributed by atoms with Gasteiger partial charge in [0, 0.05) is 0 Å². The van der Waals surface area contributed by atoms with Crippen LogP contribution < -0.4 is 0 Å². The second-order valence-electron chi connectivity index (χ2n) is 5.71. The lowest BCUT2D eigenvalue weighted by Crippen LogP contribution is -2.37. The minimum absolute atomic E-state index is 0.237. The quantitative estimate of drug-likeness (QED) is 0.823. The van der Waals surface area contributed by atoms with E-state index < -0.39 is 36.6 Å². The first-order valence-corrected chi connectivity index (χ1v) is 8.02. The van der Waals surface area contributed by atoms with Crippen LogP contribution in [0, 0.1) is 0 Å². The Hall–Kier alpha value is -2.77. The van der Waals surface area contributed by atoms with Crippen molar-refractivity contribution < 1.29 is 33.3 Å². The number of esters is 2. The molecule has 1 fully saturated rings. The SMILES string of the molecule is O=C(OC[C@@H]1OC(O)[C@H](F)[C@@H]1OC(=O)c1ccccc1)c1ccccc1. The molecular weight excluding hydrogens is 343 g/mol. The van der Waals surface area contributed by atoms with E-state index in [0.29, 0.717) is 5.56 Å². The summed E-state index contributed by atoms with van der Waals surface area (Å²) in [5, 5.41) is 9.58. The number of hydrogen-bond acceptors (Lipinski definition) is 6. The molecule has 4 atom stereocenters. The molecule has 7 heteroatoms. The Morgan fingerprint density at radius 1 is 0.962 bits per heavy atom. The average Bonchev–Trinajstić information content (AvgIpc) is 2.95. The van der Waals surface area contributed by atoms with E-state index in [4.69, 9.17) is 14.2 Å². The number of carbonyl (C=O) groups is 2. The van der Waals surface area contributed by atoms with Gasteiger partial charge in [0.1, 0.15) is 12.7 Å². The first kappa shape index (κ1) is 18.0. The molecule has 1 aliphatic heterocycles. The number of alkyl halides is 1. The Morgan fingerprint density at radius 2 is 1.50 bits per heavy atom. The largest absolute Gasteiger partial charge is 0.459 e. The van der Waals surface area contributed by atoms with Gasteiger partial charge in [-0.05, 0) is 24.3 Å². The third kappa shape index (κ3) is 4.07.